The van der Waals surface area contributed by atoms with E-state index in [1.54, 1.807) is 4.90 Å². The van der Waals surface area contributed by atoms with Crippen LogP contribution in [0.5, 0.6) is 0 Å². The highest BCUT2D eigenvalue weighted by Gasteiger charge is 2.21. The number of carbonyl (C=O) groups excluding carboxylic acids is 2. The highest BCUT2D eigenvalue weighted by molar-refractivity contribution is 5.97. The molecule has 0 aromatic heterocycles. The van der Waals surface area contributed by atoms with Gasteiger partial charge < -0.3 is 15.5 Å². The Morgan fingerprint density at radius 2 is 1.75 bits per heavy atom. The number of nitrogens with zero attached hydrogens (tertiary/aromatic N) is 1. The van der Waals surface area contributed by atoms with Gasteiger partial charge in [0.05, 0.1) is 0 Å². The third-order valence-corrected chi connectivity index (χ3v) is 4.07. The maximum absolute atomic E-state index is 12.2. The molecule has 0 aliphatic carbocycles. The standard InChI is InChI=1S/C19H21N3O2/c1-14(19(24)21-15-6-3-2-4-7-15)20-16-9-11-17(12-10-16)22-13-5-8-18(22)23/h2-4,6-7,9-12,14,20H,5,8,13H2,1H3,(H,21,24)/t14-/m1/s1. The molecule has 0 spiro atoms. The molecule has 1 aliphatic heterocycles. The molecule has 5 heteroatoms. The zero-order valence-electron chi connectivity index (χ0n) is 13.7. The van der Waals surface area contributed by atoms with Crippen molar-refractivity contribution in [1.82, 2.24) is 0 Å². The van der Waals surface area contributed by atoms with Gasteiger partial charge in [-0.1, -0.05) is 18.2 Å². The summed E-state index contributed by atoms with van der Waals surface area (Å²) in [6.45, 7) is 2.59. The first-order valence-corrected chi connectivity index (χ1v) is 8.16. The Kier molecular flexibility index (Phi) is 4.79. The van der Waals surface area contributed by atoms with E-state index in [4.69, 9.17) is 0 Å². The summed E-state index contributed by atoms with van der Waals surface area (Å²) < 4.78 is 0. The van der Waals surface area contributed by atoms with Crippen molar-refractivity contribution in [2.75, 3.05) is 22.1 Å². The maximum atomic E-state index is 12.2. The molecule has 0 saturated carbocycles. The monoisotopic (exact) mass is 323 g/mol. The zero-order valence-corrected chi connectivity index (χ0v) is 13.7. The predicted molar refractivity (Wildman–Crippen MR) is 96.2 cm³/mol. The zero-order chi connectivity index (χ0) is 16.9. The lowest BCUT2D eigenvalue weighted by atomic mass is 10.2. The van der Waals surface area contributed by atoms with Crippen LogP contribution in [0.15, 0.2) is 54.6 Å². The average molecular weight is 323 g/mol. The van der Waals surface area contributed by atoms with Gasteiger partial charge >= 0.3 is 0 Å². The van der Waals surface area contributed by atoms with Crippen LogP contribution in [0, 0.1) is 0 Å². The molecule has 1 saturated heterocycles. The van der Waals surface area contributed by atoms with Gasteiger partial charge in [-0.15, -0.1) is 0 Å². The number of rotatable bonds is 5. The first kappa shape index (κ1) is 16.1. The average Bonchev–Trinajstić information content (AvgIpc) is 3.02. The summed E-state index contributed by atoms with van der Waals surface area (Å²) in [5.74, 6) is 0.0753. The number of amides is 2. The Morgan fingerprint density at radius 1 is 1.04 bits per heavy atom. The fourth-order valence-electron chi connectivity index (χ4n) is 2.75. The number of carbonyl (C=O) groups is 2. The van der Waals surface area contributed by atoms with E-state index >= 15 is 0 Å². The molecule has 0 radical (unpaired) electrons. The Balaban J connectivity index is 1.59. The molecule has 124 valence electrons. The van der Waals surface area contributed by atoms with Crippen LogP contribution in [0.2, 0.25) is 0 Å². The number of anilines is 3. The molecule has 0 unspecified atom stereocenters. The van der Waals surface area contributed by atoms with Crippen LogP contribution in [0.25, 0.3) is 0 Å². The third kappa shape index (κ3) is 3.74. The summed E-state index contributed by atoms with van der Waals surface area (Å²) in [6.07, 6.45) is 1.53. The normalized spacial score (nSPS) is 15.2. The predicted octanol–water partition coefficient (Wildman–Crippen LogP) is 3.25. The molecule has 24 heavy (non-hydrogen) atoms. The maximum Gasteiger partial charge on any atom is 0.246 e. The van der Waals surface area contributed by atoms with Crippen molar-refractivity contribution >= 4 is 28.9 Å². The van der Waals surface area contributed by atoms with Crippen molar-refractivity contribution in [3.05, 3.63) is 54.6 Å². The van der Waals surface area contributed by atoms with E-state index in [2.05, 4.69) is 10.6 Å². The molecule has 1 atom stereocenters. The molecule has 5 nitrogen and oxygen atoms in total. The number of hydrogen-bond acceptors (Lipinski definition) is 3. The van der Waals surface area contributed by atoms with Gasteiger partial charge in [-0.3, -0.25) is 9.59 Å². The Hall–Kier alpha value is -2.82. The number of hydrogen-bond donors (Lipinski definition) is 2. The second kappa shape index (κ2) is 7.17. The fourth-order valence-corrected chi connectivity index (χ4v) is 2.75. The summed E-state index contributed by atoms with van der Waals surface area (Å²) in [6, 6.07) is 16.6. The second-order valence-electron chi connectivity index (χ2n) is 5.92. The van der Waals surface area contributed by atoms with Crippen molar-refractivity contribution < 1.29 is 9.59 Å². The van der Waals surface area contributed by atoms with Gasteiger partial charge in [0.15, 0.2) is 0 Å². The molecule has 1 fully saturated rings. The molecule has 0 bridgehead atoms. The van der Waals surface area contributed by atoms with Crippen LogP contribution < -0.4 is 15.5 Å². The lowest BCUT2D eigenvalue weighted by Gasteiger charge is -2.18. The summed E-state index contributed by atoms with van der Waals surface area (Å²) in [7, 11) is 0. The van der Waals surface area contributed by atoms with Crippen LogP contribution in [0.3, 0.4) is 0 Å². The Labute approximate surface area is 141 Å². The first-order valence-electron chi connectivity index (χ1n) is 8.16. The summed E-state index contributed by atoms with van der Waals surface area (Å²) in [4.78, 5) is 25.8. The smallest absolute Gasteiger partial charge is 0.246 e. The SMILES string of the molecule is C[C@@H](Nc1ccc(N2CCCC2=O)cc1)C(=O)Nc1ccccc1. The molecule has 2 amide bonds. The summed E-state index contributed by atoms with van der Waals surface area (Å²) >= 11 is 0. The Morgan fingerprint density at radius 3 is 2.38 bits per heavy atom. The highest BCUT2D eigenvalue weighted by atomic mass is 16.2. The summed E-state index contributed by atoms with van der Waals surface area (Å²) in [5, 5.41) is 6.04. The van der Waals surface area contributed by atoms with E-state index < -0.39 is 0 Å². The first-order chi connectivity index (χ1) is 11.6. The number of benzene rings is 2. The minimum absolute atomic E-state index is 0.0972. The van der Waals surface area contributed by atoms with Gasteiger partial charge in [0.1, 0.15) is 6.04 Å². The third-order valence-electron chi connectivity index (χ3n) is 4.07. The number of para-hydroxylation sites is 1. The molecule has 2 N–H and O–H groups in total. The van der Waals surface area contributed by atoms with E-state index in [-0.39, 0.29) is 17.9 Å². The molecule has 2 aromatic carbocycles. The van der Waals surface area contributed by atoms with E-state index in [1.165, 1.54) is 0 Å². The second-order valence-corrected chi connectivity index (χ2v) is 5.92. The van der Waals surface area contributed by atoms with Gasteiger partial charge in [0.2, 0.25) is 11.8 Å². The van der Waals surface area contributed by atoms with Crippen LogP contribution >= 0.6 is 0 Å². The van der Waals surface area contributed by atoms with Crippen molar-refractivity contribution in [3.63, 3.8) is 0 Å². The van der Waals surface area contributed by atoms with Crippen molar-refractivity contribution in [1.29, 1.82) is 0 Å². The molecule has 1 aliphatic rings. The van der Waals surface area contributed by atoms with E-state index in [0.717, 1.165) is 30.0 Å². The van der Waals surface area contributed by atoms with Gasteiger partial charge in [-0.25, -0.2) is 0 Å². The topological polar surface area (TPSA) is 61.4 Å². The minimum atomic E-state index is -0.371. The molecule has 1 heterocycles. The lowest BCUT2D eigenvalue weighted by molar-refractivity contribution is -0.117. The van der Waals surface area contributed by atoms with E-state index in [0.29, 0.717) is 6.42 Å². The molecular weight excluding hydrogens is 302 g/mol. The van der Waals surface area contributed by atoms with Gasteiger partial charge in [-0.05, 0) is 49.7 Å². The highest BCUT2D eigenvalue weighted by Crippen LogP contribution is 2.23. The van der Waals surface area contributed by atoms with Crippen LogP contribution in [0.1, 0.15) is 19.8 Å². The fraction of sp³-hybridized carbons (Fsp3) is 0.263. The lowest BCUT2D eigenvalue weighted by Crippen LogP contribution is -2.31. The molecular formula is C19H21N3O2. The van der Waals surface area contributed by atoms with Crippen LogP contribution in [-0.2, 0) is 9.59 Å². The molecule has 2 aromatic rings. The van der Waals surface area contributed by atoms with Gasteiger partial charge in [-0.2, -0.15) is 0 Å². The van der Waals surface area contributed by atoms with Crippen LogP contribution in [0.4, 0.5) is 17.1 Å². The largest absolute Gasteiger partial charge is 0.374 e. The van der Waals surface area contributed by atoms with Crippen molar-refractivity contribution in [2.24, 2.45) is 0 Å². The number of nitrogens with one attached hydrogen (secondary N) is 2. The van der Waals surface area contributed by atoms with Gasteiger partial charge in [0.25, 0.3) is 0 Å². The summed E-state index contributed by atoms with van der Waals surface area (Å²) in [5.41, 5.74) is 2.53. The Bertz CT molecular complexity index is 713. The van der Waals surface area contributed by atoms with Crippen molar-refractivity contribution in [3.8, 4) is 0 Å². The van der Waals surface area contributed by atoms with Crippen molar-refractivity contribution in [2.45, 2.75) is 25.8 Å². The quantitative estimate of drug-likeness (QED) is 0.888. The van der Waals surface area contributed by atoms with E-state index in [9.17, 15) is 9.59 Å². The van der Waals surface area contributed by atoms with E-state index in [1.807, 2.05) is 61.5 Å². The molecule has 3 rings (SSSR count). The minimum Gasteiger partial charge on any atom is -0.374 e. The van der Waals surface area contributed by atoms with Gasteiger partial charge in [0, 0.05) is 30.0 Å². The van der Waals surface area contributed by atoms with Crippen LogP contribution in [-0.4, -0.2) is 24.4 Å².